The standard InChI is InChI=1S/C10H22N2/c1-3-10(6-11)12-7-8(2)9-4-5-9/h8-10,12H,3-7,11H2,1-2H3. The van der Waals surface area contributed by atoms with E-state index in [1.807, 2.05) is 0 Å². The monoisotopic (exact) mass is 170 g/mol. The molecule has 1 saturated carbocycles. The minimum Gasteiger partial charge on any atom is -0.329 e. The Morgan fingerprint density at radius 1 is 1.50 bits per heavy atom. The molecule has 2 unspecified atom stereocenters. The van der Waals surface area contributed by atoms with Gasteiger partial charge in [-0.05, 0) is 37.6 Å². The summed E-state index contributed by atoms with van der Waals surface area (Å²) in [5.74, 6) is 1.86. The van der Waals surface area contributed by atoms with Crippen LogP contribution in [-0.2, 0) is 0 Å². The van der Waals surface area contributed by atoms with Crippen LogP contribution in [0.5, 0.6) is 0 Å². The minimum absolute atomic E-state index is 0.534. The largest absolute Gasteiger partial charge is 0.329 e. The predicted molar refractivity (Wildman–Crippen MR) is 53.0 cm³/mol. The molecule has 72 valence electrons. The summed E-state index contributed by atoms with van der Waals surface area (Å²) < 4.78 is 0. The molecule has 1 rings (SSSR count). The Labute approximate surface area is 75.9 Å². The number of hydrogen-bond acceptors (Lipinski definition) is 2. The quantitative estimate of drug-likeness (QED) is 0.631. The van der Waals surface area contributed by atoms with E-state index in [2.05, 4.69) is 19.2 Å². The van der Waals surface area contributed by atoms with Crippen LogP contribution >= 0.6 is 0 Å². The molecule has 0 aliphatic heterocycles. The van der Waals surface area contributed by atoms with E-state index >= 15 is 0 Å². The lowest BCUT2D eigenvalue weighted by molar-refractivity contribution is 0.411. The van der Waals surface area contributed by atoms with E-state index in [0.717, 1.165) is 31.3 Å². The van der Waals surface area contributed by atoms with Crippen LogP contribution in [0.15, 0.2) is 0 Å². The molecule has 1 aliphatic carbocycles. The average Bonchev–Trinajstić information content (AvgIpc) is 2.88. The second kappa shape index (κ2) is 4.83. The van der Waals surface area contributed by atoms with Gasteiger partial charge in [0.1, 0.15) is 0 Å². The molecule has 0 spiro atoms. The number of rotatable bonds is 6. The normalized spacial score (nSPS) is 22.2. The summed E-state index contributed by atoms with van der Waals surface area (Å²) in [5.41, 5.74) is 5.60. The lowest BCUT2D eigenvalue weighted by Gasteiger charge is -2.17. The van der Waals surface area contributed by atoms with Crippen LogP contribution in [0.1, 0.15) is 33.1 Å². The Balaban J connectivity index is 2.05. The summed E-state index contributed by atoms with van der Waals surface area (Å²) in [6.45, 7) is 6.45. The van der Waals surface area contributed by atoms with Crippen molar-refractivity contribution in [3.05, 3.63) is 0 Å². The zero-order valence-electron chi connectivity index (χ0n) is 8.34. The lowest BCUT2D eigenvalue weighted by atomic mass is 10.1. The molecular weight excluding hydrogens is 148 g/mol. The first kappa shape index (κ1) is 10.0. The molecule has 0 saturated heterocycles. The van der Waals surface area contributed by atoms with Crippen molar-refractivity contribution in [1.82, 2.24) is 5.32 Å². The Kier molecular flexibility index (Phi) is 4.02. The predicted octanol–water partition coefficient (Wildman–Crippen LogP) is 1.36. The zero-order valence-corrected chi connectivity index (χ0v) is 8.34. The van der Waals surface area contributed by atoms with Gasteiger partial charge in [0.25, 0.3) is 0 Å². The van der Waals surface area contributed by atoms with Crippen LogP contribution in [0.2, 0.25) is 0 Å². The van der Waals surface area contributed by atoms with Gasteiger partial charge in [-0.3, -0.25) is 0 Å². The van der Waals surface area contributed by atoms with Gasteiger partial charge in [0.05, 0.1) is 0 Å². The van der Waals surface area contributed by atoms with E-state index < -0.39 is 0 Å². The van der Waals surface area contributed by atoms with Crippen molar-refractivity contribution in [2.45, 2.75) is 39.2 Å². The molecule has 0 heterocycles. The molecule has 2 heteroatoms. The molecule has 0 aromatic heterocycles. The van der Waals surface area contributed by atoms with Gasteiger partial charge in [0.2, 0.25) is 0 Å². The maximum Gasteiger partial charge on any atom is 0.0187 e. The van der Waals surface area contributed by atoms with Crippen LogP contribution in [0.4, 0.5) is 0 Å². The summed E-state index contributed by atoms with van der Waals surface area (Å²) in [6, 6.07) is 0.534. The highest BCUT2D eigenvalue weighted by Crippen LogP contribution is 2.36. The third-order valence-corrected chi connectivity index (χ3v) is 2.93. The van der Waals surface area contributed by atoms with E-state index in [1.165, 1.54) is 12.8 Å². The van der Waals surface area contributed by atoms with Gasteiger partial charge >= 0.3 is 0 Å². The van der Waals surface area contributed by atoms with Crippen LogP contribution in [-0.4, -0.2) is 19.1 Å². The van der Waals surface area contributed by atoms with Crippen LogP contribution in [0.25, 0.3) is 0 Å². The number of hydrogen-bond donors (Lipinski definition) is 2. The van der Waals surface area contributed by atoms with Crippen LogP contribution < -0.4 is 11.1 Å². The Morgan fingerprint density at radius 3 is 2.58 bits per heavy atom. The molecule has 3 N–H and O–H groups in total. The molecule has 2 atom stereocenters. The maximum absolute atomic E-state index is 5.60. The number of nitrogens with one attached hydrogen (secondary N) is 1. The van der Waals surface area contributed by atoms with Gasteiger partial charge in [0, 0.05) is 12.6 Å². The fourth-order valence-electron chi connectivity index (χ4n) is 1.58. The second-order valence-electron chi connectivity index (χ2n) is 4.06. The smallest absolute Gasteiger partial charge is 0.0187 e. The van der Waals surface area contributed by atoms with Crippen molar-refractivity contribution in [2.75, 3.05) is 13.1 Å². The zero-order chi connectivity index (χ0) is 8.97. The third-order valence-electron chi connectivity index (χ3n) is 2.93. The molecule has 0 aromatic carbocycles. The maximum atomic E-state index is 5.60. The van der Waals surface area contributed by atoms with Gasteiger partial charge in [-0.15, -0.1) is 0 Å². The molecule has 12 heavy (non-hydrogen) atoms. The molecule has 1 aliphatic rings. The fourth-order valence-corrected chi connectivity index (χ4v) is 1.58. The highest BCUT2D eigenvalue weighted by atomic mass is 14.9. The Morgan fingerprint density at radius 2 is 2.17 bits per heavy atom. The lowest BCUT2D eigenvalue weighted by Crippen LogP contribution is -2.38. The van der Waals surface area contributed by atoms with Crippen molar-refractivity contribution in [3.8, 4) is 0 Å². The van der Waals surface area contributed by atoms with E-state index in [9.17, 15) is 0 Å². The first-order valence-electron chi connectivity index (χ1n) is 5.21. The topological polar surface area (TPSA) is 38.0 Å². The summed E-state index contributed by atoms with van der Waals surface area (Å²) >= 11 is 0. The molecule has 0 radical (unpaired) electrons. The molecule has 0 amide bonds. The Bertz CT molecular complexity index is 115. The van der Waals surface area contributed by atoms with Crippen LogP contribution in [0, 0.1) is 11.8 Å². The van der Waals surface area contributed by atoms with Crippen molar-refractivity contribution >= 4 is 0 Å². The van der Waals surface area contributed by atoms with Crippen molar-refractivity contribution in [3.63, 3.8) is 0 Å². The highest BCUT2D eigenvalue weighted by molar-refractivity contribution is 4.80. The fraction of sp³-hybridized carbons (Fsp3) is 1.00. The highest BCUT2D eigenvalue weighted by Gasteiger charge is 2.27. The molecule has 0 bridgehead atoms. The second-order valence-corrected chi connectivity index (χ2v) is 4.06. The van der Waals surface area contributed by atoms with Gasteiger partial charge in [0.15, 0.2) is 0 Å². The van der Waals surface area contributed by atoms with Crippen molar-refractivity contribution < 1.29 is 0 Å². The molecule has 0 aromatic rings. The van der Waals surface area contributed by atoms with Gasteiger partial charge in [-0.25, -0.2) is 0 Å². The molecule has 1 fully saturated rings. The van der Waals surface area contributed by atoms with E-state index in [0.29, 0.717) is 6.04 Å². The average molecular weight is 170 g/mol. The summed E-state index contributed by atoms with van der Waals surface area (Å²) in [5, 5.41) is 3.52. The molecular formula is C10H22N2. The SMILES string of the molecule is CCC(CN)NCC(C)C1CC1. The minimum atomic E-state index is 0.534. The van der Waals surface area contributed by atoms with Crippen molar-refractivity contribution in [2.24, 2.45) is 17.6 Å². The summed E-state index contributed by atoms with van der Waals surface area (Å²) in [6.07, 6.45) is 4.04. The number of nitrogens with two attached hydrogens (primary N) is 1. The Hall–Kier alpha value is -0.0800. The third kappa shape index (κ3) is 3.11. The summed E-state index contributed by atoms with van der Waals surface area (Å²) in [7, 11) is 0. The van der Waals surface area contributed by atoms with Crippen molar-refractivity contribution in [1.29, 1.82) is 0 Å². The van der Waals surface area contributed by atoms with Crippen LogP contribution in [0.3, 0.4) is 0 Å². The van der Waals surface area contributed by atoms with Gasteiger partial charge in [-0.1, -0.05) is 13.8 Å². The first-order chi connectivity index (χ1) is 5.77. The van der Waals surface area contributed by atoms with E-state index in [-0.39, 0.29) is 0 Å². The van der Waals surface area contributed by atoms with Gasteiger partial charge in [-0.2, -0.15) is 0 Å². The van der Waals surface area contributed by atoms with E-state index in [1.54, 1.807) is 0 Å². The van der Waals surface area contributed by atoms with E-state index in [4.69, 9.17) is 5.73 Å². The summed E-state index contributed by atoms with van der Waals surface area (Å²) in [4.78, 5) is 0. The first-order valence-corrected chi connectivity index (χ1v) is 5.21. The van der Waals surface area contributed by atoms with Gasteiger partial charge < -0.3 is 11.1 Å². The molecule has 2 nitrogen and oxygen atoms in total.